The van der Waals surface area contributed by atoms with Crippen molar-refractivity contribution in [1.82, 2.24) is 14.8 Å². The molecule has 0 aliphatic heterocycles. The lowest BCUT2D eigenvalue weighted by atomic mass is 10.3. The van der Waals surface area contributed by atoms with Gasteiger partial charge in [0.2, 0.25) is 11.8 Å². The van der Waals surface area contributed by atoms with E-state index in [9.17, 15) is 4.79 Å². The number of methoxy groups -OCH3 is 1. The van der Waals surface area contributed by atoms with Crippen LogP contribution in [0.1, 0.15) is 11.7 Å². The second-order valence-corrected chi connectivity index (χ2v) is 2.83. The van der Waals surface area contributed by atoms with Crippen LogP contribution in [0.4, 0.5) is 0 Å². The van der Waals surface area contributed by atoms with Crippen LogP contribution in [0.3, 0.4) is 0 Å². The van der Waals surface area contributed by atoms with Crippen LogP contribution >= 0.6 is 0 Å². The van der Waals surface area contributed by atoms with Crippen molar-refractivity contribution in [1.29, 1.82) is 0 Å². The Kier molecular flexibility index (Phi) is 1.92. The molecular formula is C9H9N3O2. The predicted molar refractivity (Wildman–Crippen MR) is 50.4 cm³/mol. The fourth-order valence-corrected chi connectivity index (χ4v) is 1.33. The molecule has 0 bridgehead atoms. The summed E-state index contributed by atoms with van der Waals surface area (Å²) in [5.41, 5.74) is 0.613. The minimum absolute atomic E-state index is 0.161. The van der Waals surface area contributed by atoms with E-state index in [2.05, 4.69) is 10.1 Å². The van der Waals surface area contributed by atoms with Gasteiger partial charge in [-0.2, -0.15) is 9.78 Å². The molecule has 0 N–H and O–H groups in total. The number of ether oxygens (including phenoxy) is 1. The first-order chi connectivity index (χ1) is 6.74. The van der Waals surface area contributed by atoms with Crippen molar-refractivity contribution in [3.8, 4) is 5.88 Å². The number of nitrogens with zero attached hydrogens (tertiary/aromatic N) is 3. The van der Waals surface area contributed by atoms with Crippen LogP contribution in [-0.2, 0) is 0 Å². The van der Waals surface area contributed by atoms with E-state index in [1.807, 2.05) is 0 Å². The first-order valence-corrected chi connectivity index (χ1v) is 4.11. The molecule has 5 nitrogen and oxygen atoms in total. The third-order valence-corrected chi connectivity index (χ3v) is 1.94. The minimum atomic E-state index is -0.161. The van der Waals surface area contributed by atoms with Gasteiger partial charge >= 0.3 is 0 Å². The van der Waals surface area contributed by atoms with Crippen LogP contribution in [0.15, 0.2) is 18.5 Å². The lowest BCUT2D eigenvalue weighted by Gasteiger charge is -2.02. The molecule has 0 saturated carbocycles. The molecule has 5 heteroatoms. The Bertz CT molecular complexity index is 490. The van der Waals surface area contributed by atoms with Crippen molar-refractivity contribution in [2.24, 2.45) is 0 Å². The van der Waals surface area contributed by atoms with Gasteiger partial charge in [0.15, 0.2) is 0 Å². The molecule has 72 valence electrons. The highest BCUT2D eigenvalue weighted by Crippen LogP contribution is 2.21. The number of aromatic nitrogens is 3. The summed E-state index contributed by atoms with van der Waals surface area (Å²) >= 11 is 0. The molecule has 0 aliphatic rings. The molecule has 2 aromatic heterocycles. The van der Waals surface area contributed by atoms with Crippen LogP contribution in [0, 0.1) is 0 Å². The normalized spacial score (nSPS) is 10.4. The van der Waals surface area contributed by atoms with Crippen LogP contribution in [0.2, 0.25) is 0 Å². The highest BCUT2D eigenvalue weighted by molar-refractivity contribution is 5.92. The van der Waals surface area contributed by atoms with Crippen molar-refractivity contribution < 1.29 is 9.53 Å². The Morgan fingerprint density at radius 2 is 2.36 bits per heavy atom. The molecule has 0 saturated heterocycles. The highest BCUT2D eigenvalue weighted by Gasteiger charge is 2.11. The Labute approximate surface area is 80.3 Å². The van der Waals surface area contributed by atoms with Crippen molar-refractivity contribution in [2.45, 2.75) is 6.92 Å². The largest absolute Gasteiger partial charge is 0.479 e. The molecule has 0 spiro atoms. The summed E-state index contributed by atoms with van der Waals surface area (Å²) in [6.07, 6.45) is 3.23. The smallest absolute Gasteiger partial charge is 0.244 e. The van der Waals surface area contributed by atoms with E-state index in [1.165, 1.54) is 18.7 Å². The van der Waals surface area contributed by atoms with Crippen LogP contribution in [0.25, 0.3) is 10.9 Å². The summed E-state index contributed by atoms with van der Waals surface area (Å²) in [6, 6.07) is 1.78. The maximum absolute atomic E-state index is 11.2. The topological polar surface area (TPSA) is 57.0 Å². The second kappa shape index (κ2) is 3.10. The maximum atomic E-state index is 11.2. The fraction of sp³-hybridized carbons (Fsp3) is 0.222. The molecule has 0 atom stereocenters. The summed E-state index contributed by atoms with van der Waals surface area (Å²) in [6.45, 7) is 1.44. The van der Waals surface area contributed by atoms with E-state index in [4.69, 9.17) is 4.74 Å². The number of rotatable bonds is 1. The molecule has 0 radical (unpaired) electrons. The Morgan fingerprint density at radius 3 is 3.00 bits per heavy atom. The molecule has 2 rings (SSSR count). The second-order valence-electron chi connectivity index (χ2n) is 2.83. The quantitative estimate of drug-likeness (QED) is 0.677. The lowest BCUT2D eigenvalue weighted by Crippen LogP contribution is -2.07. The maximum Gasteiger partial charge on any atom is 0.244 e. The summed E-state index contributed by atoms with van der Waals surface area (Å²) in [4.78, 5) is 15.2. The molecule has 0 aliphatic carbocycles. The molecule has 0 fully saturated rings. The lowest BCUT2D eigenvalue weighted by molar-refractivity contribution is 0.0926. The number of hydrogen-bond acceptors (Lipinski definition) is 4. The van der Waals surface area contributed by atoms with Gasteiger partial charge in [-0.1, -0.05) is 0 Å². The third kappa shape index (κ3) is 1.14. The van der Waals surface area contributed by atoms with Gasteiger partial charge in [0, 0.05) is 18.5 Å². The zero-order valence-electron chi connectivity index (χ0n) is 7.89. The summed E-state index contributed by atoms with van der Waals surface area (Å²) in [5.74, 6) is 0.251. The summed E-state index contributed by atoms with van der Waals surface area (Å²) < 4.78 is 6.33. The van der Waals surface area contributed by atoms with Gasteiger partial charge in [-0.15, -0.1) is 0 Å². The summed E-state index contributed by atoms with van der Waals surface area (Å²) in [7, 11) is 1.51. The van der Waals surface area contributed by atoms with Crippen molar-refractivity contribution in [2.75, 3.05) is 7.11 Å². The third-order valence-electron chi connectivity index (χ3n) is 1.94. The van der Waals surface area contributed by atoms with Gasteiger partial charge in [0.1, 0.15) is 5.52 Å². The SMILES string of the molecule is COc1nccc2cnn(C(C)=O)c12. The van der Waals surface area contributed by atoms with Gasteiger partial charge in [0.05, 0.1) is 13.3 Å². The molecule has 0 unspecified atom stereocenters. The van der Waals surface area contributed by atoms with E-state index in [1.54, 1.807) is 18.5 Å². The predicted octanol–water partition coefficient (Wildman–Crippen LogP) is 1.10. The zero-order chi connectivity index (χ0) is 10.1. The van der Waals surface area contributed by atoms with Crippen molar-refractivity contribution >= 4 is 16.8 Å². The van der Waals surface area contributed by atoms with E-state index >= 15 is 0 Å². The number of hydrogen-bond donors (Lipinski definition) is 0. The van der Waals surface area contributed by atoms with Gasteiger partial charge in [-0.25, -0.2) is 4.98 Å². The summed E-state index contributed by atoms with van der Waals surface area (Å²) in [5, 5.41) is 4.79. The van der Waals surface area contributed by atoms with Gasteiger partial charge < -0.3 is 4.74 Å². The van der Waals surface area contributed by atoms with E-state index in [0.29, 0.717) is 11.4 Å². The molecule has 14 heavy (non-hydrogen) atoms. The highest BCUT2D eigenvalue weighted by atomic mass is 16.5. The van der Waals surface area contributed by atoms with Crippen LogP contribution in [0.5, 0.6) is 5.88 Å². The number of pyridine rings is 1. The van der Waals surface area contributed by atoms with Crippen LogP contribution < -0.4 is 4.74 Å². The van der Waals surface area contributed by atoms with E-state index in [0.717, 1.165) is 5.39 Å². The van der Waals surface area contributed by atoms with Gasteiger partial charge in [0.25, 0.3) is 0 Å². The Hall–Kier alpha value is -1.91. The molecule has 0 aromatic carbocycles. The van der Waals surface area contributed by atoms with Gasteiger partial charge in [-0.05, 0) is 6.07 Å². The first-order valence-electron chi connectivity index (χ1n) is 4.11. The van der Waals surface area contributed by atoms with E-state index < -0.39 is 0 Å². The molecule has 2 heterocycles. The Morgan fingerprint density at radius 1 is 1.57 bits per heavy atom. The Balaban J connectivity index is 2.81. The molecule has 0 amide bonds. The average molecular weight is 191 g/mol. The number of fused-ring (bicyclic) bond motifs is 1. The van der Waals surface area contributed by atoms with Gasteiger partial charge in [-0.3, -0.25) is 4.79 Å². The van der Waals surface area contributed by atoms with E-state index in [-0.39, 0.29) is 5.91 Å². The molecular weight excluding hydrogens is 182 g/mol. The standard InChI is InChI=1S/C9H9N3O2/c1-6(13)12-8-7(5-11-12)3-4-10-9(8)14-2/h3-5H,1-2H3. The number of carbonyl (C=O) groups excluding carboxylic acids is 1. The minimum Gasteiger partial charge on any atom is -0.479 e. The first kappa shape index (κ1) is 8.68. The average Bonchev–Trinajstić information content (AvgIpc) is 2.60. The monoisotopic (exact) mass is 191 g/mol. The van der Waals surface area contributed by atoms with Crippen molar-refractivity contribution in [3.63, 3.8) is 0 Å². The molecule has 2 aromatic rings. The van der Waals surface area contributed by atoms with Crippen LogP contribution in [-0.4, -0.2) is 27.8 Å². The van der Waals surface area contributed by atoms with Crippen molar-refractivity contribution in [3.05, 3.63) is 18.5 Å². The number of carbonyl (C=O) groups is 1. The zero-order valence-corrected chi connectivity index (χ0v) is 7.89. The fourth-order valence-electron chi connectivity index (χ4n) is 1.33.